The van der Waals surface area contributed by atoms with Crippen LogP contribution in [0.3, 0.4) is 0 Å². The average Bonchev–Trinajstić information content (AvgIpc) is 3.65. The lowest BCUT2D eigenvalue weighted by molar-refractivity contribution is -0.208. The fourth-order valence-corrected chi connectivity index (χ4v) is 11.8. The number of carbonyl (C=O) groups excluding carboxylic acids is 6. The maximum Gasteiger partial charge on any atom is 0.313 e. The summed E-state index contributed by atoms with van der Waals surface area (Å²) in [7, 11) is 2.59. The third kappa shape index (κ3) is 1.91. The van der Waals surface area contributed by atoms with Gasteiger partial charge >= 0.3 is 23.9 Å². The van der Waals surface area contributed by atoms with Crippen LogP contribution in [-0.2, 0) is 47.7 Å². The Morgan fingerprint density at radius 1 is 0.667 bits per heavy atom. The van der Waals surface area contributed by atoms with E-state index in [1.54, 1.807) is 0 Å². The maximum absolute atomic E-state index is 13.9. The summed E-state index contributed by atoms with van der Waals surface area (Å²) in [6.45, 7) is 2.52. The molecule has 8 saturated carbocycles. The highest BCUT2D eigenvalue weighted by Crippen LogP contribution is 2.97. The van der Waals surface area contributed by atoms with Gasteiger partial charge in [-0.05, 0) is 60.2 Å². The zero-order valence-corrected chi connectivity index (χ0v) is 20.4. The molecule has 0 aromatic rings. The summed E-state index contributed by atoms with van der Waals surface area (Å²) in [5.74, 6) is -5.69. The van der Waals surface area contributed by atoms with E-state index in [1.807, 2.05) is 0 Å². The minimum absolute atomic E-state index is 0.0824. The minimum atomic E-state index is -1.28. The van der Waals surface area contributed by atoms with Crippen molar-refractivity contribution < 1.29 is 47.7 Å². The Morgan fingerprint density at radius 2 is 1.03 bits per heavy atom. The SMILES string of the molecule is COC(=O)[C@]12[C@@H]3[C@H]4C(=O)[C@H](OC(C)=O)C[C@H]4[C@@H]4[C@@H]3[C@H]3[C@@H]1[C@@H]1C[C@H](OC(C)=O)C(=O)[C@@H]1[C@@H]3[C@@]42C(=O)OC. The number of ketones is 2. The summed E-state index contributed by atoms with van der Waals surface area (Å²) in [4.78, 5) is 78.3. The average molecular weight is 501 g/mol. The van der Waals surface area contributed by atoms with Crippen molar-refractivity contribution in [3.63, 3.8) is 0 Å². The molecule has 0 aromatic carbocycles. The van der Waals surface area contributed by atoms with Gasteiger partial charge in [0.2, 0.25) is 0 Å². The van der Waals surface area contributed by atoms with E-state index in [1.165, 1.54) is 28.1 Å². The monoisotopic (exact) mass is 500 g/mol. The second-order valence-corrected chi connectivity index (χ2v) is 11.8. The lowest BCUT2D eigenvalue weighted by Crippen LogP contribution is -2.66. The standard InChI is InChI=1S/C26H28O10/c1-7(27)35-11-5-9-13(21(11)29)19-15-16-18-10-6-12(36-8(2)28)22(30)14(10)20(16)25(17(9)15,23(31)33-3)26(18,19)24(32)34-4/h9-20H,5-6H2,1-4H3/t9-,10-,11-,12+,13+,14+,15+,16+,17-,18+,19-,20+,25-,26-/m1/s1. The number of esters is 4. The summed E-state index contributed by atoms with van der Waals surface area (Å²) < 4.78 is 21.5. The molecule has 8 bridgehead atoms. The van der Waals surface area contributed by atoms with Crippen LogP contribution in [0.2, 0.25) is 0 Å². The van der Waals surface area contributed by atoms with Gasteiger partial charge < -0.3 is 18.9 Å². The zero-order chi connectivity index (χ0) is 25.6. The Labute approximate surface area is 206 Å². The minimum Gasteiger partial charge on any atom is -0.469 e. The van der Waals surface area contributed by atoms with Crippen LogP contribution in [0.5, 0.6) is 0 Å². The van der Waals surface area contributed by atoms with Crippen molar-refractivity contribution in [2.24, 2.45) is 70.0 Å². The van der Waals surface area contributed by atoms with E-state index in [0.717, 1.165) is 0 Å². The first-order chi connectivity index (χ1) is 17.1. The largest absolute Gasteiger partial charge is 0.469 e. The smallest absolute Gasteiger partial charge is 0.313 e. The van der Waals surface area contributed by atoms with Crippen molar-refractivity contribution in [3.8, 4) is 0 Å². The van der Waals surface area contributed by atoms with Crippen molar-refractivity contribution in [3.05, 3.63) is 0 Å². The Kier molecular flexibility index (Phi) is 4.08. The number of Topliss-reactive ketones (excluding diaryl/α,β-unsaturated/α-hetero) is 2. The van der Waals surface area contributed by atoms with E-state index >= 15 is 0 Å². The lowest BCUT2D eigenvalue weighted by atomic mass is 9.43. The number of hydrogen-bond donors (Lipinski definition) is 0. The number of hydrogen-bond acceptors (Lipinski definition) is 10. The molecule has 0 N–H and O–H groups in total. The second-order valence-electron chi connectivity index (χ2n) is 11.8. The van der Waals surface area contributed by atoms with Crippen LogP contribution in [0.15, 0.2) is 0 Å². The van der Waals surface area contributed by atoms with Gasteiger partial charge in [-0.15, -0.1) is 0 Å². The number of ether oxygens (including phenoxy) is 4. The molecule has 0 saturated heterocycles. The third-order valence-electron chi connectivity index (χ3n) is 11.4. The van der Waals surface area contributed by atoms with Crippen LogP contribution in [0.1, 0.15) is 26.7 Å². The molecule has 0 radical (unpaired) electrons. The van der Waals surface area contributed by atoms with E-state index in [-0.39, 0.29) is 47.1 Å². The summed E-state index contributed by atoms with van der Waals surface area (Å²) in [5.41, 5.74) is -2.57. The predicted octanol–water partition coefficient (Wildman–Crippen LogP) is 0.344. The molecular formula is C26H28O10. The van der Waals surface area contributed by atoms with Gasteiger partial charge in [0, 0.05) is 25.7 Å². The van der Waals surface area contributed by atoms with Crippen LogP contribution in [0.25, 0.3) is 0 Å². The fraction of sp³-hybridized carbons (Fsp3) is 0.769. The molecule has 36 heavy (non-hydrogen) atoms. The molecule has 192 valence electrons. The second kappa shape index (κ2) is 6.55. The molecule has 8 aliphatic rings. The lowest BCUT2D eigenvalue weighted by Gasteiger charge is -2.56. The van der Waals surface area contributed by atoms with Gasteiger partial charge in [-0.25, -0.2) is 0 Å². The van der Waals surface area contributed by atoms with Crippen LogP contribution in [-0.4, -0.2) is 61.9 Å². The van der Waals surface area contributed by atoms with Gasteiger partial charge in [-0.3, -0.25) is 28.8 Å². The summed E-state index contributed by atoms with van der Waals surface area (Å²) in [6, 6.07) is 0. The molecule has 8 rings (SSSR count). The molecule has 0 amide bonds. The van der Waals surface area contributed by atoms with Crippen molar-refractivity contribution in [2.75, 3.05) is 14.2 Å². The first-order valence-corrected chi connectivity index (χ1v) is 12.7. The normalized spacial score (nSPS) is 53.6. The fourth-order valence-electron chi connectivity index (χ4n) is 11.8. The molecule has 8 aliphatic carbocycles. The quantitative estimate of drug-likeness (QED) is 0.392. The Morgan fingerprint density at radius 3 is 1.33 bits per heavy atom. The van der Waals surface area contributed by atoms with Crippen molar-refractivity contribution in [2.45, 2.75) is 38.9 Å². The maximum atomic E-state index is 13.9. The van der Waals surface area contributed by atoms with Gasteiger partial charge in [0.15, 0.2) is 23.8 Å². The molecule has 10 heteroatoms. The number of carbonyl (C=O) groups is 6. The first kappa shape index (κ1) is 22.4. The predicted molar refractivity (Wildman–Crippen MR) is 114 cm³/mol. The van der Waals surface area contributed by atoms with Crippen LogP contribution < -0.4 is 0 Å². The van der Waals surface area contributed by atoms with Crippen LogP contribution >= 0.6 is 0 Å². The van der Waals surface area contributed by atoms with E-state index < -0.39 is 70.6 Å². The highest BCUT2D eigenvalue weighted by molar-refractivity contribution is 6.01. The van der Waals surface area contributed by atoms with E-state index in [4.69, 9.17) is 18.9 Å². The third-order valence-corrected chi connectivity index (χ3v) is 11.4. The molecule has 0 aliphatic heterocycles. The highest BCUT2D eigenvalue weighted by Gasteiger charge is 3.02. The highest BCUT2D eigenvalue weighted by atomic mass is 16.6. The van der Waals surface area contributed by atoms with Gasteiger partial charge in [-0.2, -0.15) is 0 Å². The first-order valence-electron chi connectivity index (χ1n) is 12.7. The van der Waals surface area contributed by atoms with E-state index in [0.29, 0.717) is 12.8 Å². The summed E-state index contributed by atoms with van der Waals surface area (Å²) >= 11 is 0. The van der Waals surface area contributed by atoms with Gasteiger partial charge in [0.05, 0.1) is 25.0 Å². The zero-order valence-electron chi connectivity index (χ0n) is 20.4. The molecule has 0 heterocycles. The van der Waals surface area contributed by atoms with Gasteiger partial charge in [0.1, 0.15) is 0 Å². The molecule has 0 aromatic heterocycles. The van der Waals surface area contributed by atoms with Gasteiger partial charge in [-0.1, -0.05) is 0 Å². The Bertz CT molecular complexity index is 1090. The van der Waals surface area contributed by atoms with Crippen LogP contribution in [0, 0.1) is 70.0 Å². The topological polar surface area (TPSA) is 139 Å². The van der Waals surface area contributed by atoms with Gasteiger partial charge in [0.25, 0.3) is 0 Å². The summed E-state index contributed by atoms with van der Waals surface area (Å²) in [5, 5.41) is 0. The van der Waals surface area contributed by atoms with Crippen molar-refractivity contribution in [1.29, 1.82) is 0 Å². The Hall–Kier alpha value is -2.78. The van der Waals surface area contributed by atoms with E-state index in [2.05, 4.69) is 0 Å². The van der Waals surface area contributed by atoms with Crippen molar-refractivity contribution in [1.82, 2.24) is 0 Å². The molecule has 14 atom stereocenters. The number of rotatable bonds is 4. The van der Waals surface area contributed by atoms with Crippen LogP contribution in [0.4, 0.5) is 0 Å². The molecule has 10 nitrogen and oxygen atoms in total. The number of fused-ring (bicyclic) bond motifs is 2. The molecule has 8 fully saturated rings. The molecule has 0 unspecified atom stereocenters. The molecular weight excluding hydrogens is 472 g/mol. The van der Waals surface area contributed by atoms with E-state index in [9.17, 15) is 28.8 Å². The Balaban J connectivity index is 1.41. The van der Waals surface area contributed by atoms with Crippen molar-refractivity contribution >= 4 is 35.4 Å². The summed E-state index contributed by atoms with van der Waals surface area (Å²) in [6.07, 6.45) is -1.18. The molecule has 0 spiro atoms. The number of methoxy groups -OCH3 is 2.